The number of halogens is 2. The lowest BCUT2D eigenvalue weighted by atomic mass is 9.84. The molecule has 0 unspecified atom stereocenters. The van der Waals surface area contributed by atoms with Gasteiger partial charge in [0.25, 0.3) is 5.91 Å². The number of ether oxygens (including phenoxy) is 1. The summed E-state index contributed by atoms with van der Waals surface area (Å²) in [6, 6.07) is 5.18. The van der Waals surface area contributed by atoms with Gasteiger partial charge >= 0.3 is 0 Å². The third kappa shape index (κ3) is 3.52. The summed E-state index contributed by atoms with van der Waals surface area (Å²) < 4.78 is 5.48. The van der Waals surface area contributed by atoms with Crippen LogP contribution in [-0.4, -0.2) is 18.6 Å². The number of nitrogens with one attached hydrogen (secondary N) is 1. The standard InChI is InChI=1S/C17H21Cl2NO2/c1-10(14-7-11-2-3-12(14)6-11)20-17(21)9-22-16-8-13(18)4-5-15(16)19/h4-5,8,10-12,14H,2-3,6-7,9H2,1H3,(H,20,21)/t10-,11+,12+,14+/m1/s1. The molecule has 0 aromatic heterocycles. The monoisotopic (exact) mass is 341 g/mol. The van der Waals surface area contributed by atoms with Gasteiger partial charge in [0.1, 0.15) is 5.75 Å². The largest absolute Gasteiger partial charge is 0.482 e. The Morgan fingerprint density at radius 2 is 2.18 bits per heavy atom. The molecule has 3 nitrogen and oxygen atoms in total. The Balaban J connectivity index is 1.49. The first-order valence-corrected chi connectivity index (χ1v) is 8.65. The Hall–Kier alpha value is -0.930. The molecular formula is C17H21Cl2NO2. The van der Waals surface area contributed by atoms with Crippen LogP contribution in [0.2, 0.25) is 10.0 Å². The molecule has 3 rings (SSSR count). The van der Waals surface area contributed by atoms with Gasteiger partial charge in [0, 0.05) is 17.1 Å². The highest BCUT2D eigenvalue weighted by Gasteiger charge is 2.42. The summed E-state index contributed by atoms with van der Waals surface area (Å²) in [6.45, 7) is 2.07. The summed E-state index contributed by atoms with van der Waals surface area (Å²) >= 11 is 11.9. The van der Waals surface area contributed by atoms with Crippen LogP contribution in [0.3, 0.4) is 0 Å². The van der Waals surface area contributed by atoms with Crippen LogP contribution in [-0.2, 0) is 4.79 Å². The molecule has 5 heteroatoms. The molecule has 2 bridgehead atoms. The smallest absolute Gasteiger partial charge is 0.258 e. The Kier molecular flexibility index (Phi) is 4.84. The van der Waals surface area contributed by atoms with Crippen molar-refractivity contribution in [3.63, 3.8) is 0 Å². The van der Waals surface area contributed by atoms with Gasteiger partial charge in [-0.1, -0.05) is 29.6 Å². The first-order chi connectivity index (χ1) is 10.5. The zero-order chi connectivity index (χ0) is 15.7. The van der Waals surface area contributed by atoms with E-state index in [9.17, 15) is 4.79 Å². The normalized spacial score (nSPS) is 27.7. The fourth-order valence-electron chi connectivity index (χ4n) is 4.04. The lowest BCUT2D eigenvalue weighted by molar-refractivity contribution is -0.124. The lowest BCUT2D eigenvalue weighted by Crippen LogP contribution is -2.42. The van der Waals surface area contributed by atoms with Crippen molar-refractivity contribution < 1.29 is 9.53 Å². The minimum atomic E-state index is -0.105. The number of hydrogen-bond donors (Lipinski definition) is 1. The number of carbonyl (C=O) groups is 1. The van der Waals surface area contributed by atoms with E-state index < -0.39 is 0 Å². The third-order valence-corrected chi connectivity index (χ3v) is 5.62. The number of carbonyl (C=O) groups excluding carboxylic acids is 1. The summed E-state index contributed by atoms with van der Waals surface area (Å²) in [5.41, 5.74) is 0. The lowest BCUT2D eigenvalue weighted by Gasteiger charge is -2.28. The quantitative estimate of drug-likeness (QED) is 0.866. The van der Waals surface area contributed by atoms with E-state index in [0.29, 0.717) is 21.7 Å². The van der Waals surface area contributed by atoms with Gasteiger partial charge < -0.3 is 10.1 Å². The van der Waals surface area contributed by atoms with Crippen molar-refractivity contribution in [3.05, 3.63) is 28.2 Å². The molecule has 1 amide bonds. The molecule has 0 aliphatic heterocycles. The molecule has 0 saturated heterocycles. The van der Waals surface area contributed by atoms with E-state index in [0.717, 1.165) is 11.8 Å². The van der Waals surface area contributed by atoms with Crippen molar-refractivity contribution >= 4 is 29.1 Å². The minimum Gasteiger partial charge on any atom is -0.482 e. The van der Waals surface area contributed by atoms with Gasteiger partial charge in [-0.15, -0.1) is 0 Å². The first-order valence-electron chi connectivity index (χ1n) is 7.90. The van der Waals surface area contributed by atoms with Gasteiger partial charge in [0.05, 0.1) is 5.02 Å². The molecule has 4 atom stereocenters. The van der Waals surface area contributed by atoms with Crippen LogP contribution in [0.4, 0.5) is 0 Å². The molecule has 1 aromatic rings. The maximum absolute atomic E-state index is 12.1. The molecule has 1 aromatic carbocycles. The van der Waals surface area contributed by atoms with E-state index in [1.807, 2.05) is 0 Å². The minimum absolute atomic E-state index is 0.0365. The van der Waals surface area contributed by atoms with E-state index in [4.69, 9.17) is 27.9 Å². The summed E-state index contributed by atoms with van der Waals surface area (Å²) in [5.74, 6) is 2.64. The van der Waals surface area contributed by atoms with Crippen LogP contribution >= 0.6 is 23.2 Å². The van der Waals surface area contributed by atoms with Crippen LogP contribution in [0.15, 0.2) is 18.2 Å². The van der Waals surface area contributed by atoms with Crippen molar-refractivity contribution in [1.82, 2.24) is 5.32 Å². The maximum atomic E-state index is 12.1. The fourth-order valence-corrected chi connectivity index (χ4v) is 4.37. The van der Waals surface area contributed by atoms with E-state index in [-0.39, 0.29) is 18.6 Å². The van der Waals surface area contributed by atoms with E-state index in [1.54, 1.807) is 18.2 Å². The van der Waals surface area contributed by atoms with Gasteiger partial charge in [0.2, 0.25) is 0 Å². The Morgan fingerprint density at radius 3 is 2.86 bits per heavy atom. The molecule has 2 saturated carbocycles. The molecule has 22 heavy (non-hydrogen) atoms. The van der Waals surface area contributed by atoms with Gasteiger partial charge in [-0.05, 0) is 56.1 Å². The second-order valence-electron chi connectivity index (χ2n) is 6.56. The predicted molar refractivity (Wildman–Crippen MR) is 88.5 cm³/mol. The van der Waals surface area contributed by atoms with Crippen LogP contribution < -0.4 is 10.1 Å². The van der Waals surface area contributed by atoms with Gasteiger partial charge in [0.15, 0.2) is 6.61 Å². The highest BCUT2D eigenvalue weighted by molar-refractivity contribution is 6.34. The van der Waals surface area contributed by atoms with Crippen LogP contribution in [0, 0.1) is 17.8 Å². The zero-order valence-electron chi connectivity index (χ0n) is 12.6. The third-order valence-electron chi connectivity index (χ3n) is 5.08. The zero-order valence-corrected chi connectivity index (χ0v) is 14.2. The molecule has 0 radical (unpaired) electrons. The fraction of sp³-hybridized carbons (Fsp3) is 0.588. The Morgan fingerprint density at radius 1 is 1.36 bits per heavy atom. The van der Waals surface area contributed by atoms with Crippen molar-refractivity contribution in [2.24, 2.45) is 17.8 Å². The SMILES string of the molecule is C[C@@H](NC(=O)COc1cc(Cl)ccc1Cl)[C@@H]1C[C@H]2CC[C@H]1C2. The van der Waals surface area contributed by atoms with Gasteiger partial charge in [-0.3, -0.25) is 4.79 Å². The summed E-state index contributed by atoms with van der Waals surface area (Å²) in [6.07, 6.45) is 5.30. The van der Waals surface area contributed by atoms with Crippen LogP contribution in [0.25, 0.3) is 0 Å². The van der Waals surface area contributed by atoms with E-state index >= 15 is 0 Å². The number of rotatable bonds is 5. The maximum Gasteiger partial charge on any atom is 0.258 e. The molecule has 0 heterocycles. The van der Waals surface area contributed by atoms with Crippen LogP contribution in [0.1, 0.15) is 32.6 Å². The number of benzene rings is 1. The predicted octanol–water partition coefficient (Wildman–Crippen LogP) is 4.31. The average molecular weight is 342 g/mol. The topological polar surface area (TPSA) is 38.3 Å². The molecular weight excluding hydrogens is 321 g/mol. The van der Waals surface area contributed by atoms with Crippen LogP contribution in [0.5, 0.6) is 5.75 Å². The number of fused-ring (bicyclic) bond motifs is 2. The number of amides is 1. The van der Waals surface area contributed by atoms with Crippen molar-refractivity contribution in [2.75, 3.05) is 6.61 Å². The van der Waals surface area contributed by atoms with Gasteiger partial charge in [-0.25, -0.2) is 0 Å². The second-order valence-corrected chi connectivity index (χ2v) is 7.40. The number of hydrogen-bond acceptors (Lipinski definition) is 2. The molecule has 2 aliphatic carbocycles. The molecule has 0 spiro atoms. The van der Waals surface area contributed by atoms with Crippen molar-refractivity contribution in [2.45, 2.75) is 38.6 Å². The average Bonchev–Trinajstić information content (AvgIpc) is 3.11. The Labute approximate surface area is 141 Å². The highest BCUT2D eigenvalue weighted by atomic mass is 35.5. The summed E-state index contributed by atoms with van der Waals surface area (Å²) in [5, 5.41) is 4.06. The molecule has 2 aliphatic rings. The van der Waals surface area contributed by atoms with Crippen molar-refractivity contribution in [1.29, 1.82) is 0 Å². The van der Waals surface area contributed by atoms with Gasteiger partial charge in [-0.2, -0.15) is 0 Å². The molecule has 120 valence electrons. The van der Waals surface area contributed by atoms with E-state index in [2.05, 4.69) is 12.2 Å². The first kappa shape index (κ1) is 15.9. The molecule has 1 N–H and O–H groups in total. The Bertz CT molecular complexity index is 564. The second kappa shape index (κ2) is 6.67. The highest BCUT2D eigenvalue weighted by Crippen LogP contribution is 2.49. The molecule has 2 fully saturated rings. The summed E-state index contributed by atoms with van der Waals surface area (Å²) in [7, 11) is 0. The summed E-state index contributed by atoms with van der Waals surface area (Å²) in [4.78, 5) is 12.1. The van der Waals surface area contributed by atoms with E-state index in [1.165, 1.54) is 25.7 Å². The van der Waals surface area contributed by atoms with Crippen molar-refractivity contribution in [3.8, 4) is 5.75 Å².